The minimum atomic E-state index is -3.64. The van der Waals surface area contributed by atoms with Crippen molar-refractivity contribution in [1.29, 1.82) is 0 Å². The first-order valence-corrected chi connectivity index (χ1v) is 12.1. The summed E-state index contributed by atoms with van der Waals surface area (Å²) in [7, 11) is -2.39. The van der Waals surface area contributed by atoms with Crippen LogP contribution in [0.2, 0.25) is 0 Å². The number of nitrogens with zero attached hydrogens (tertiary/aromatic N) is 4. The molecule has 0 aliphatic rings. The number of sulfone groups is 1. The quantitative estimate of drug-likeness (QED) is 0.433. The minimum Gasteiger partial charge on any atom is -0.489 e. The highest BCUT2D eigenvalue weighted by Gasteiger charge is 2.23. The van der Waals surface area contributed by atoms with Gasteiger partial charge in [0, 0.05) is 29.3 Å². The molecule has 11 nitrogen and oxygen atoms in total. The maximum atomic E-state index is 12.8. The van der Waals surface area contributed by atoms with Crippen LogP contribution in [0.15, 0.2) is 56.7 Å². The minimum absolute atomic E-state index is 0.0244. The molecule has 0 saturated heterocycles. The van der Waals surface area contributed by atoms with Crippen molar-refractivity contribution in [3.8, 4) is 22.0 Å². The van der Waals surface area contributed by atoms with Crippen molar-refractivity contribution in [2.24, 2.45) is 0 Å². The van der Waals surface area contributed by atoms with Crippen molar-refractivity contribution in [2.75, 3.05) is 18.7 Å². The number of carbonyl (C=O) groups excluding carboxylic acids is 1. The zero-order valence-corrected chi connectivity index (χ0v) is 19.2. The van der Waals surface area contributed by atoms with E-state index in [-0.39, 0.29) is 32.7 Å². The molecule has 0 atom stereocenters. The lowest BCUT2D eigenvalue weighted by Crippen LogP contribution is -2.16. The lowest BCUT2D eigenvalue weighted by atomic mass is 10.1. The van der Waals surface area contributed by atoms with Gasteiger partial charge in [-0.2, -0.15) is 5.10 Å². The maximum Gasteiger partial charge on any atom is 0.379 e. The molecule has 0 fully saturated rings. The van der Waals surface area contributed by atoms with E-state index in [9.17, 15) is 18.0 Å². The zero-order valence-electron chi connectivity index (χ0n) is 17.6. The summed E-state index contributed by atoms with van der Waals surface area (Å²) in [6.45, 7) is 1.84. The Bertz CT molecular complexity index is 1520. The predicted octanol–water partition coefficient (Wildman–Crippen LogP) is 2.32. The van der Waals surface area contributed by atoms with E-state index >= 15 is 0 Å². The predicted molar refractivity (Wildman–Crippen MR) is 120 cm³/mol. The largest absolute Gasteiger partial charge is 0.489 e. The van der Waals surface area contributed by atoms with E-state index in [1.54, 1.807) is 29.1 Å². The molecule has 0 saturated carbocycles. The highest BCUT2D eigenvalue weighted by molar-refractivity contribution is 7.90. The van der Waals surface area contributed by atoms with Crippen LogP contribution in [0, 0.1) is 6.92 Å². The van der Waals surface area contributed by atoms with Crippen LogP contribution < -0.4 is 15.7 Å². The summed E-state index contributed by atoms with van der Waals surface area (Å²) in [6.07, 6.45) is 2.66. The van der Waals surface area contributed by atoms with Gasteiger partial charge in [0.15, 0.2) is 15.6 Å². The number of carbonyl (C=O) groups is 1. The van der Waals surface area contributed by atoms with Crippen molar-refractivity contribution in [1.82, 2.24) is 20.0 Å². The second-order valence-corrected chi connectivity index (χ2v) is 9.78. The Labute approximate surface area is 191 Å². The van der Waals surface area contributed by atoms with Crippen LogP contribution in [-0.2, 0) is 9.84 Å². The number of methoxy groups -OCH3 is 1. The molecule has 33 heavy (non-hydrogen) atoms. The number of aryl methyl sites for hydroxylation is 1. The van der Waals surface area contributed by atoms with Gasteiger partial charge in [-0.3, -0.25) is 10.1 Å². The number of hydrogen-bond acceptors (Lipinski definition) is 10. The normalized spacial score (nSPS) is 11.4. The van der Waals surface area contributed by atoms with Gasteiger partial charge >= 0.3 is 5.63 Å². The third-order valence-corrected chi connectivity index (χ3v) is 6.53. The van der Waals surface area contributed by atoms with Crippen molar-refractivity contribution in [3.63, 3.8) is 0 Å². The monoisotopic (exact) mass is 487 g/mol. The van der Waals surface area contributed by atoms with Crippen LogP contribution >= 0.6 is 11.3 Å². The van der Waals surface area contributed by atoms with Crippen molar-refractivity contribution < 1.29 is 22.4 Å². The number of benzene rings is 1. The Hall–Kier alpha value is -3.84. The van der Waals surface area contributed by atoms with Crippen LogP contribution in [0.3, 0.4) is 0 Å². The van der Waals surface area contributed by atoms with Crippen LogP contribution in [-0.4, -0.2) is 47.7 Å². The topological polar surface area (TPSA) is 146 Å². The van der Waals surface area contributed by atoms with E-state index < -0.39 is 21.4 Å². The number of anilines is 1. The lowest BCUT2D eigenvalue weighted by molar-refractivity contribution is 0.0991. The molecule has 4 aromatic rings. The Kier molecular flexibility index (Phi) is 5.82. The number of hydrogen-bond donors (Lipinski definition) is 1. The number of aromatic nitrogens is 4. The van der Waals surface area contributed by atoms with Gasteiger partial charge < -0.3 is 9.15 Å². The van der Waals surface area contributed by atoms with Crippen LogP contribution in [0.4, 0.5) is 5.13 Å². The van der Waals surface area contributed by atoms with Crippen molar-refractivity contribution in [2.45, 2.75) is 11.8 Å². The molecule has 13 heteroatoms. The first-order valence-electron chi connectivity index (χ1n) is 9.36. The smallest absolute Gasteiger partial charge is 0.379 e. The summed E-state index contributed by atoms with van der Waals surface area (Å²) in [5.74, 6) is -1.35. The summed E-state index contributed by atoms with van der Waals surface area (Å²) < 4.78 is 36.3. The fraction of sp³-hybridized carbons (Fsp3) is 0.150. The second-order valence-electron chi connectivity index (χ2n) is 6.84. The molecule has 4 rings (SSSR count). The van der Waals surface area contributed by atoms with Gasteiger partial charge in [-0.15, -0.1) is 10.2 Å². The lowest BCUT2D eigenvalue weighted by Gasteiger charge is -2.12. The molecular weight excluding hydrogens is 470 g/mol. The Morgan fingerprint density at radius 2 is 1.94 bits per heavy atom. The molecule has 0 bridgehead atoms. The van der Waals surface area contributed by atoms with Gasteiger partial charge in [0.25, 0.3) is 5.91 Å². The number of ether oxygens (including phenoxy) is 1. The first-order chi connectivity index (χ1) is 15.7. The Morgan fingerprint density at radius 3 is 2.61 bits per heavy atom. The van der Waals surface area contributed by atoms with E-state index in [4.69, 9.17) is 9.15 Å². The van der Waals surface area contributed by atoms with Gasteiger partial charge in [0.1, 0.15) is 0 Å². The molecule has 3 aromatic heterocycles. The summed E-state index contributed by atoms with van der Waals surface area (Å²) >= 11 is 1.07. The van der Waals surface area contributed by atoms with E-state index in [2.05, 4.69) is 20.6 Å². The fourth-order valence-electron chi connectivity index (χ4n) is 3.08. The van der Waals surface area contributed by atoms with Gasteiger partial charge in [-0.25, -0.2) is 17.9 Å². The van der Waals surface area contributed by atoms with E-state index in [1.807, 2.05) is 6.92 Å². The molecule has 1 amide bonds. The molecule has 3 heterocycles. The van der Waals surface area contributed by atoms with Crippen LogP contribution in [0.1, 0.15) is 16.2 Å². The molecular formula is C20H17N5O6S2. The molecule has 170 valence electrons. The molecule has 0 aliphatic heterocycles. The average molecular weight is 488 g/mol. The molecule has 0 radical (unpaired) electrons. The molecule has 1 N–H and O–H groups in total. The van der Waals surface area contributed by atoms with Crippen LogP contribution in [0.25, 0.3) is 16.3 Å². The highest BCUT2D eigenvalue weighted by Crippen LogP contribution is 2.33. The van der Waals surface area contributed by atoms with Gasteiger partial charge in [0.05, 0.1) is 12.0 Å². The fourth-order valence-corrected chi connectivity index (χ4v) is 4.74. The molecule has 0 unspecified atom stereocenters. The summed E-state index contributed by atoms with van der Waals surface area (Å²) in [5, 5.41) is 15.1. The van der Waals surface area contributed by atoms with Gasteiger partial charge in [-0.05, 0) is 25.1 Å². The summed E-state index contributed by atoms with van der Waals surface area (Å²) in [6, 6.07) is 9.12. The molecule has 1 aromatic carbocycles. The van der Waals surface area contributed by atoms with Crippen molar-refractivity contribution >= 4 is 32.2 Å². The number of amides is 1. The maximum absolute atomic E-state index is 12.8. The van der Waals surface area contributed by atoms with Gasteiger partial charge in [-0.1, -0.05) is 29.5 Å². The Balaban J connectivity index is 1.73. The third-order valence-electron chi connectivity index (χ3n) is 4.56. The van der Waals surface area contributed by atoms with Gasteiger partial charge in [0.2, 0.25) is 16.0 Å². The Morgan fingerprint density at radius 1 is 1.18 bits per heavy atom. The first kappa shape index (κ1) is 22.4. The molecule has 0 aliphatic carbocycles. The van der Waals surface area contributed by atoms with E-state index in [1.165, 1.54) is 25.3 Å². The molecule has 0 spiro atoms. The average Bonchev–Trinajstić information content (AvgIpc) is 3.41. The highest BCUT2D eigenvalue weighted by atomic mass is 32.2. The van der Waals surface area contributed by atoms with Crippen LogP contribution in [0.5, 0.6) is 5.75 Å². The van der Waals surface area contributed by atoms with E-state index in [0.29, 0.717) is 5.13 Å². The third kappa shape index (κ3) is 4.40. The zero-order chi connectivity index (χ0) is 23.8. The van der Waals surface area contributed by atoms with Crippen molar-refractivity contribution in [3.05, 3.63) is 64.5 Å². The summed E-state index contributed by atoms with van der Waals surface area (Å²) in [5.41, 5.74) is 0.198. The second kappa shape index (κ2) is 8.60. The SMILES string of the molecule is COc1c(-c2ccccc2S(C)(=O)=O)cc(C(=O)Nc2nnc(-n3nccc3C)s2)oc1=O. The number of rotatable bonds is 6. The standard InChI is InChI=1S/C20H17N5O6S2/c1-11-8-9-21-25(11)20-24-23-19(32-20)22-17(26)14-10-13(16(30-2)18(27)31-14)12-6-4-5-7-15(12)33(3,28)29/h4-10H,1-3H3,(H,22,23,26). The number of nitrogens with one attached hydrogen (secondary N) is 1. The summed E-state index contributed by atoms with van der Waals surface area (Å²) in [4.78, 5) is 25.3. The van der Waals surface area contributed by atoms with E-state index in [0.717, 1.165) is 23.3 Å².